The van der Waals surface area contributed by atoms with Gasteiger partial charge in [0.1, 0.15) is 5.01 Å². The van der Waals surface area contributed by atoms with Crippen LogP contribution in [0.3, 0.4) is 0 Å². The highest BCUT2D eigenvalue weighted by Gasteiger charge is 2.03. The quantitative estimate of drug-likeness (QED) is 0.809. The molecule has 0 saturated heterocycles. The number of hydrogen-bond donors (Lipinski definition) is 1. The van der Waals surface area contributed by atoms with Gasteiger partial charge in [0.05, 0.1) is 12.3 Å². The van der Waals surface area contributed by atoms with Crippen molar-refractivity contribution in [2.45, 2.75) is 6.61 Å². The second kappa shape index (κ2) is 4.42. The molecular weight excluding hydrogens is 208 g/mol. The van der Waals surface area contributed by atoms with Gasteiger partial charge in [-0.1, -0.05) is 12.1 Å². The van der Waals surface area contributed by atoms with E-state index >= 15 is 0 Å². The van der Waals surface area contributed by atoms with Crippen molar-refractivity contribution in [2.75, 3.05) is 12.8 Å². The van der Waals surface area contributed by atoms with Gasteiger partial charge in [0.25, 0.3) is 0 Å². The fourth-order valence-electron chi connectivity index (χ4n) is 1.29. The highest BCUT2D eigenvalue weighted by atomic mass is 32.1. The molecule has 0 fully saturated rings. The Morgan fingerprint density at radius 3 is 2.73 bits per heavy atom. The lowest BCUT2D eigenvalue weighted by atomic mass is 10.1. The summed E-state index contributed by atoms with van der Waals surface area (Å²) in [4.78, 5) is 4.45. The second-order valence-electron chi connectivity index (χ2n) is 3.18. The van der Waals surface area contributed by atoms with Gasteiger partial charge in [-0.05, 0) is 12.1 Å². The van der Waals surface area contributed by atoms with Crippen molar-refractivity contribution in [3.8, 4) is 11.3 Å². The van der Waals surface area contributed by atoms with E-state index < -0.39 is 0 Å². The monoisotopic (exact) mass is 220 g/mol. The van der Waals surface area contributed by atoms with Crippen molar-refractivity contribution in [3.63, 3.8) is 0 Å². The molecular formula is C11H12N2OS. The van der Waals surface area contributed by atoms with Crippen LogP contribution >= 0.6 is 11.3 Å². The molecule has 0 saturated carbocycles. The van der Waals surface area contributed by atoms with Crippen LogP contribution in [0.4, 0.5) is 5.69 Å². The second-order valence-corrected chi connectivity index (χ2v) is 4.12. The van der Waals surface area contributed by atoms with Crippen molar-refractivity contribution < 1.29 is 4.74 Å². The smallest absolute Gasteiger partial charge is 0.119 e. The van der Waals surface area contributed by atoms with Gasteiger partial charge in [-0.25, -0.2) is 4.98 Å². The average molecular weight is 220 g/mol. The van der Waals surface area contributed by atoms with Crippen LogP contribution in [0, 0.1) is 0 Å². The molecule has 0 aliphatic carbocycles. The summed E-state index contributed by atoms with van der Waals surface area (Å²) in [6, 6.07) is 7.71. The Balaban J connectivity index is 2.25. The van der Waals surface area contributed by atoms with Gasteiger partial charge in [-0.2, -0.15) is 0 Å². The largest absolute Gasteiger partial charge is 0.399 e. The zero-order valence-electron chi connectivity index (χ0n) is 8.43. The highest BCUT2D eigenvalue weighted by Crippen LogP contribution is 2.22. The average Bonchev–Trinajstić information content (AvgIpc) is 2.68. The molecule has 2 aromatic rings. The first kappa shape index (κ1) is 10.1. The van der Waals surface area contributed by atoms with Crippen molar-refractivity contribution >= 4 is 17.0 Å². The van der Waals surface area contributed by atoms with Gasteiger partial charge in [-0.15, -0.1) is 11.3 Å². The number of anilines is 1. The Kier molecular flexibility index (Phi) is 2.99. The molecule has 2 N–H and O–H groups in total. The predicted molar refractivity (Wildman–Crippen MR) is 62.7 cm³/mol. The van der Waals surface area contributed by atoms with Crippen molar-refractivity contribution in [1.82, 2.24) is 4.98 Å². The third-order valence-corrected chi connectivity index (χ3v) is 2.85. The molecule has 0 spiro atoms. The van der Waals surface area contributed by atoms with E-state index in [1.807, 2.05) is 29.6 Å². The van der Waals surface area contributed by atoms with E-state index in [9.17, 15) is 0 Å². The normalized spacial score (nSPS) is 10.5. The molecule has 0 radical (unpaired) electrons. The Morgan fingerprint density at radius 2 is 2.07 bits per heavy atom. The fourth-order valence-corrected chi connectivity index (χ4v) is 2.06. The number of methoxy groups -OCH3 is 1. The van der Waals surface area contributed by atoms with Crippen molar-refractivity contribution in [1.29, 1.82) is 0 Å². The minimum Gasteiger partial charge on any atom is -0.399 e. The zero-order valence-corrected chi connectivity index (χ0v) is 9.25. The number of ether oxygens (including phenoxy) is 1. The molecule has 4 heteroatoms. The lowest BCUT2D eigenvalue weighted by Gasteiger charge is -1.97. The maximum atomic E-state index is 5.62. The highest BCUT2D eigenvalue weighted by molar-refractivity contribution is 7.09. The molecule has 0 amide bonds. The first-order valence-corrected chi connectivity index (χ1v) is 5.47. The molecule has 3 nitrogen and oxygen atoms in total. The molecule has 2 rings (SSSR count). The van der Waals surface area contributed by atoms with Crippen LogP contribution in [0.1, 0.15) is 5.01 Å². The van der Waals surface area contributed by atoms with Crippen LogP contribution in [0.2, 0.25) is 0 Å². The summed E-state index contributed by atoms with van der Waals surface area (Å²) in [5.41, 5.74) is 8.45. The minimum absolute atomic E-state index is 0.569. The molecule has 0 unspecified atom stereocenters. The maximum Gasteiger partial charge on any atom is 0.119 e. The SMILES string of the molecule is COCc1nc(-c2ccc(N)cc2)cs1. The van der Waals surface area contributed by atoms with Gasteiger partial charge in [0.15, 0.2) is 0 Å². The number of nitrogen functional groups attached to an aromatic ring is 1. The number of nitrogens with zero attached hydrogens (tertiary/aromatic N) is 1. The van der Waals surface area contributed by atoms with E-state index in [0.29, 0.717) is 6.61 Å². The van der Waals surface area contributed by atoms with Crippen LogP contribution in [-0.2, 0) is 11.3 Å². The lowest BCUT2D eigenvalue weighted by molar-refractivity contribution is 0.184. The molecule has 78 valence electrons. The van der Waals surface area contributed by atoms with Crippen LogP contribution in [0.25, 0.3) is 11.3 Å². The molecule has 0 bridgehead atoms. The molecule has 0 aliphatic heterocycles. The molecule has 1 heterocycles. The van der Waals surface area contributed by atoms with Crippen LogP contribution in [-0.4, -0.2) is 12.1 Å². The number of thiazole rings is 1. The molecule has 15 heavy (non-hydrogen) atoms. The summed E-state index contributed by atoms with van der Waals surface area (Å²) < 4.78 is 5.02. The van der Waals surface area contributed by atoms with Gasteiger partial charge in [-0.3, -0.25) is 0 Å². The van der Waals surface area contributed by atoms with Crippen LogP contribution < -0.4 is 5.73 Å². The van der Waals surface area contributed by atoms with Crippen molar-refractivity contribution in [2.24, 2.45) is 0 Å². The number of hydrogen-bond acceptors (Lipinski definition) is 4. The Hall–Kier alpha value is -1.39. The summed E-state index contributed by atoms with van der Waals surface area (Å²) in [7, 11) is 1.67. The summed E-state index contributed by atoms with van der Waals surface area (Å²) in [5, 5.41) is 3.02. The maximum absolute atomic E-state index is 5.62. The lowest BCUT2D eigenvalue weighted by Crippen LogP contribution is -1.87. The number of aromatic nitrogens is 1. The Labute approximate surface area is 92.5 Å². The van der Waals surface area contributed by atoms with E-state index in [1.165, 1.54) is 0 Å². The Morgan fingerprint density at radius 1 is 1.33 bits per heavy atom. The first-order chi connectivity index (χ1) is 7.29. The third kappa shape index (κ3) is 2.34. The number of benzene rings is 1. The molecule has 1 aromatic carbocycles. The number of rotatable bonds is 3. The van der Waals surface area contributed by atoms with E-state index in [2.05, 4.69) is 4.98 Å². The van der Waals surface area contributed by atoms with Crippen molar-refractivity contribution in [3.05, 3.63) is 34.7 Å². The minimum atomic E-state index is 0.569. The summed E-state index contributed by atoms with van der Waals surface area (Å²) in [6.45, 7) is 0.569. The summed E-state index contributed by atoms with van der Waals surface area (Å²) >= 11 is 1.61. The summed E-state index contributed by atoms with van der Waals surface area (Å²) in [5.74, 6) is 0. The van der Waals surface area contributed by atoms with Gasteiger partial charge in [0, 0.05) is 23.7 Å². The van der Waals surface area contributed by atoms with E-state index in [4.69, 9.17) is 10.5 Å². The van der Waals surface area contributed by atoms with Gasteiger partial charge < -0.3 is 10.5 Å². The topological polar surface area (TPSA) is 48.1 Å². The molecule has 0 atom stereocenters. The molecule has 1 aromatic heterocycles. The summed E-state index contributed by atoms with van der Waals surface area (Å²) in [6.07, 6.45) is 0. The zero-order chi connectivity index (χ0) is 10.7. The fraction of sp³-hybridized carbons (Fsp3) is 0.182. The van der Waals surface area contributed by atoms with E-state index in [-0.39, 0.29) is 0 Å². The third-order valence-electron chi connectivity index (χ3n) is 2.03. The number of nitrogens with two attached hydrogens (primary N) is 1. The van der Waals surface area contributed by atoms with Gasteiger partial charge >= 0.3 is 0 Å². The standard InChI is InChI=1S/C11H12N2OS/c1-14-6-11-13-10(7-15-11)8-2-4-9(12)5-3-8/h2-5,7H,6,12H2,1H3. The van der Waals surface area contributed by atoms with Crippen LogP contribution in [0.15, 0.2) is 29.6 Å². The van der Waals surface area contributed by atoms with Crippen LogP contribution in [0.5, 0.6) is 0 Å². The van der Waals surface area contributed by atoms with E-state index in [1.54, 1.807) is 18.4 Å². The first-order valence-electron chi connectivity index (χ1n) is 4.59. The van der Waals surface area contributed by atoms with Gasteiger partial charge in [0.2, 0.25) is 0 Å². The molecule has 0 aliphatic rings. The van der Waals surface area contributed by atoms with E-state index in [0.717, 1.165) is 22.0 Å². The predicted octanol–water partition coefficient (Wildman–Crippen LogP) is 2.54. The Bertz CT molecular complexity index is 436.